The Bertz CT molecular complexity index is 1040. The van der Waals surface area contributed by atoms with Crippen molar-refractivity contribution in [2.75, 3.05) is 24.4 Å². The van der Waals surface area contributed by atoms with Crippen LogP contribution in [0.3, 0.4) is 0 Å². The average Bonchev–Trinajstić information content (AvgIpc) is 3.45. The second kappa shape index (κ2) is 7.56. The molecule has 2 unspecified atom stereocenters. The molecule has 3 amide bonds. The van der Waals surface area contributed by atoms with E-state index in [0.29, 0.717) is 28.5 Å². The van der Waals surface area contributed by atoms with E-state index in [9.17, 15) is 14.4 Å². The van der Waals surface area contributed by atoms with Gasteiger partial charge in [0.1, 0.15) is 11.4 Å². The van der Waals surface area contributed by atoms with Gasteiger partial charge in [-0.2, -0.15) is 0 Å². The van der Waals surface area contributed by atoms with Gasteiger partial charge < -0.3 is 25.0 Å². The number of ether oxygens (including phenoxy) is 2. The van der Waals surface area contributed by atoms with Crippen molar-refractivity contribution in [1.82, 2.24) is 10.2 Å². The highest BCUT2D eigenvalue weighted by Gasteiger charge is 2.48. The van der Waals surface area contributed by atoms with Crippen LogP contribution in [0.2, 0.25) is 0 Å². The van der Waals surface area contributed by atoms with Crippen LogP contribution in [0.5, 0.6) is 11.5 Å². The third-order valence-corrected chi connectivity index (χ3v) is 6.61. The van der Waals surface area contributed by atoms with Gasteiger partial charge in [-0.05, 0) is 23.8 Å². The van der Waals surface area contributed by atoms with E-state index in [1.54, 1.807) is 40.9 Å². The molecule has 9 heteroatoms. The van der Waals surface area contributed by atoms with Crippen LogP contribution in [0.15, 0.2) is 42.5 Å². The lowest BCUT2D eigenvalue weighted by Gasteiger charge is -2.22. The maximum Gasteiger partial charge on any atom is 0.256 e. The first kappa shape index (κ1) is 18.8. The van der Waals surface area contributed by atoms with Crippen LogP contribution in [0.1, 0.15) is 27.7 Å². The summed E-state index contributed by atoms with van der Waals surface area (Å²) in [5.74, 6) is 1.21. The van der Waals surface area contributed by atoms with Gasteiger partial charge in [-0.1, -0.05) is 18.2 Å². The molecular weight excluding hydrogens is 406 g/mol. The van der Waals surface area contributed by atoms with Crippen molar-refractivity contribution >= 4 is 35.2 Å². The van der Waals surface area contributed by atoms with Crippen LogP contribution >= 0.6 is 11.8 Å². The Morgan fingerprint density at radius 3 is 2.87 bits per heavy atom. The van der Waals surface area contributed by atoms with Gasteiger partial charge in [0.25, 0.3) is 5.91 Å². The van der Waals surface area contributed by atoms with Gasteiger partial charge in [-0.25, -0.2) is 0 Å². The molecule has 3 aliphatic heterocycles. The van der Waals surface area contributed by atoms with Crippen molar-refractivity contribution in [1.29, 1.82) is 0 Å². The molecule has 1 saturated heterocycles. The van der Waals surface area contributed by atoms with Gasteiger partial charge in [-0.3, -0.25) is 14.4 Å². The van der Waals surface area contributed by atoms with E-state index in [1.165, 1.54) is 0 Å². The molecule has 154 valence electrons. The molecule has 2 N–H and O–H groups in total. The molecule has 1 fully saturated rings. The minimum absolute atomic E-state index is 0.110. The lowest BCUT2D eigenvalue weighted by atomic mass is 10.1. The number of rotatable bonds is 5. The Labute approximate surface area is 176 Å². The highest BCUT2D eigenvalue weighted by molar-refractivity contribution is 7.99. The molecular formula is C21H19N3O5S. The van der Waals surface area contributed by atoms with Crippen LogP contribution < -0.4 is 20.1 Å². The third kappa shape index (κ3) is 3.24. The number of amides is 3. The predicted octanol–water partition coefficient (Wildman–Crippen LogP) is 2.13. The largest absolute Gasteiger partial charge is 0.454 e. The van der Waals surface area contributed by atoms with Crippen molar-refractivity contribution in [3.8, 4) is 11.5 Å². The van der Waals surface area contributed by atoms with Crippen molar-refractivity contribution in [2.24, 2.45) is 0 Å². The van der Waals surface area contributed by atoms with Gasteiger partial charge in [0.05, 0.1) is 0 Å². The van der Waals surface area contributed by atoms with Crippen LogP contribution in [-0.4, -0.2) is 47.8 Å². The molecule has 2 aromatic rings. The number of nitrogens with zero attached hydrogens (tertiary/aromatic N) is 1. The van der Waals surface area contributed by atoms with Gasteiger partial charge >= 0.3 is 0 Å². The van der Waals surface area contributed by atoms with E-state index >= 15 is 0 Å². The van der Waals surface area contributed by atoms with Crippen molar-refractivity contribution in [3.63, 3.8) is 0 Å². The van der Waals surface area contributed by atoms with Crippen LogP contribution in [0.25, 0.3) is 0 Å². The Morgan fingerprint density at radius 1 is 1.13 bits per heavy atom. The Kier molecular flexibility index (Phi) is 4.74. The predicted molar refractivity (Wildman–Crippen MR) is 110 cm³/mol. The van der Waals surface area contributed by atoms with Crippen LogP contribution in [0, 0.1) is 0 Å². The summed E-state index contributed by atoms with van der Waals surface area (Å²) in [6, 6.07) is 12.1. The summed E-state index contributed by atoms with van der Waals surface area (Å²) in [4.78, 5) is 39.2. The summed E-state index contributed by atoms with van der Waals surface area (Å²) in [5, 5.41) is 5.46. The first-order valence-electron chi connectivity index (χ1n) is 9.62. The summed E-state index contributed by atoms with van der Waals surface area (Å²) in [5.41, 5.74) is 2.23. The lowest BCUT2D eigenvalue weighted by Crippen LogP contribution is -2.46. The summed E-state index contributed by atoms with van der Waals surface area (Å²) in [7, 11) is 0. The van der Waals surface area contributed by atoms with Gasteiger partial charge in [-0.15, -0.1) is 11.8 Å². The maximum atomic E-state index is 12.7. The first-order chi connectivity index (χ1) is 14.6. The van der Waals surface area contributed by atoms with E-state index in [1.807, 2.05) is 18.2 Å². The number of carbonyl (C=O) groups is 3. The Morgan fingerprint density at radius 2 is 1.97 bits per heavy atom. The fourth-order valence-corrected chi connectivity index (χ4v) is 5.32. The number of hydrogen-bond donors (Lipinski definition) is 2. The zero-order chi connectivity index (χ0) is 20.7. The normalized spacial score (nSPS) is 20.7. The minimum Gasteiger partial charge on any atom is -0.454 e. The SMILES string of the molecule is O=C(CCNC(=O)C1CSC2c3ccccc3C(=O)N12)Nc1ccc2c(c1)OCO2. The summed E-state index contributed by atoms with van der Waals surface area (Å²) in [6.45, 7) is 0.361. The summed E-state index contributed by atoms with van der Waals surface area (Å²) >= 11 is 1.59. The molecule has 5 rings (SSSR count). The van der Waals surface area contributed by atoms with E-state index in [2.05, 4.69) is 10.6 Å². The van der Waals surface area contributed by atoms with Crippen LogP contribution in [0.4, 0.5) is 5.69 Å². The number of hydrogen-bond acceptors (Lipinski definition) is 6. The number of fused-ring (bicyclic) bond motifs is 4. The third-order valence-electron chi connectivity index (χ3n) is 5.30. The quantitative estimate of drug-likeness (QED) is 0.762. The number of thioether (sulfide) groups is 1. The fourth-order valence-electron chi connectivity index (χ4n) is 3.86. The summed E-state index contributed by atoms with van der Waals surface area (Å²) < 4.78 is 10.5. The number of benzene rings is 2. The molecule has 30 heavy (non-hydrogen) atoms. The second-order valence-electron chi connectivity index (χ2n) is 7.16. The highest BCUT2D eigenvalue weighted by atomic mass is 32.2. The van der Waals surface area contributed by atoms with Crippen LogP contribution in [-0.2, 0) is 9.59 Å². The molecule has 3 aliphatic rings. The smallest absolute Gasteiger partial charge is 0.256 e. The topological polar surface area (TPSA) is 97.0 Å². The number of carbonyl (C=O) groups excluding carboxylic acids is 3. The van der Waals surface area contributed by atoms with E-state index in [4.69, 9.17) is 9.47 Å². The van der Waals surface area contributed by atoms with Crippen molar-refractivity contribution < 1.29 is 23.9 Å². The zero-order valence-electron chi connectivity index (χ0n) is 15.9. The average molecular weight is 425 g/mol. The molecule has 0 aromatic heterocycles. The Balaban J connectivity index is 1.14. The van der Waals surface area contributed by atoms with Gasteiger partial charge in [0, 0.05) is 36.0 Å². The Hall–Kier alpha value is -3.20. The zero-order valence-corrected chi connectivity index (χ0v) is 16.7. The van der Waals surface area contributed by atoms with Gasteiger partial charge in [0.15, 0.2) is 11.5 Å². The molecule has 0 spiro atoms. The molecule has 2 atom stereocenters. The van der Waals surface area contributed by atoms with Gasteiger partial charge in [0.2, 0.25) is 18.6 Å². The van der Waals surface area contributed by atoms with Crippen molar-refractivity contribution in [3.05, 3.63) is 53.6 Å². The fraction of sp³-hybridized carbons (Fsp3) is 0.286. The molecule has 0 aliphatic carbocycles. The monoisotopic (exact) mass is 425 g/mol. The van der Waals surface area contributed by atoms with Crippen molar-refractivity contribution in [2.45, 2.75) is 17.8 Å². The lowest BCUT2D eigenvalue weighted by molar-refractivity contribution is -0.124. The highest BCUT2D eigenvalue weighted by Crippen LogP contribution is 2.48. The molecule has 0 bridgehead atoms. The maximum absolute atomic E-state index is 12.7. The number of anilines is 1. The minimum atomic E-state index is -0.531. The first-order valence-corrected chi connectivity index (χ1v) is 10.7. The molecule has 8 nitrogen and oxygen atoms in total. The second-order valence-corrected chi connectivity index (χ2v) is 8.27. The number of nitrogens with one attached hydrogen (secondary N) is 2. The summed E-state index contributed by atoms with van der Waals surface area (Å²) in [6.07, 6.45) is 0.123. The molecule has 2 aromatic carbocycles. The molecule has 0 radical (unpaired) electrons. The molecule has 0 saturated carbocycles. The van der Waals surface area contributed by atoms with E-state index < -0.39 is 6.04 Å². The van der Waals surface area contributed by atoms with E-state index in [0.717, 1.165) is 5.56 Å². The molecule has 3 heterocycles. The van der Waals surface area contributed by atoms with E-state index in [-0.39, 0.29) is 42.9 Å². The standard InChI is InChI=1S/C21H19N3O5S/c25-18(23-12-5-6-16-17(9-12)29-11-28-16)7-8-22-19(26)15-10-30-21-14-4-2-1-3-13(14)20(27)24(15)21/h1-6,9,15,21H,7-8,10-11H2,(H,22,26)(H,23,25).